The molecule has 2 aliphatic rings. The highest BCUT2D eigenvalue weighted by Crippen LogP contribution is 2.41. The largest absolute Gasteiger partial charge is 0.508 e. The van der Waals surface area contributed by atoms with Crippen molar-refractivity contribution in [1.82, 2.24) is 40.1 Å². The number of rotatable bonds is 12. The Morgan fingerprint density at radius 3 is 2.55 bits per heavy atom. The number of phenolic OH excluding ortho intramolecular Hbond substituents is 1. The first kappa shape index (κ1) is 51.6. The minimum atomic E-state index is -1.25. The van der Waals surface area contributed by atoms with Crippen LogP contribution >= 0.6 is 0 Å². The normalized spacial score (nSPS) is 17.2. The minimum Gasteiger partial charge on any atom is -0.508 e. The van der Waals surface area contributed by atoms with Crippen LogP contribution in [-0.4, -0.2) is 123 Å². The number of phenols is 1. The number of aromatic nitrogens is 3. The van der Waals surface area contributed by atoms with Crippen molar-refractivity contribution in [2.75, 3.05) is 53.3 Å². The lowest BCUT2D eigenvalue weighted by Gasteiger charge is -2.32. The lowest BCUT2D eigenvalue weighted by molar-refractivity contribution is -0.835. The number of nitrogens with zero attached hydrogens (tertiary/aromatic N) is 7. The van der Waals surface area contributed by atoms with Gasteiger partial charge < -0.3 is 34.8 Å². The number of hydrogen-bond donors (Lipinski definition) is 4. The fourth-order valence-corrected chi connectivity index (χ4v) is 9.21. The van der Waals surface area contributed by atoms with Crippen molar-refractivity contribution in [3.63, 3.8) is 0 Å². The Morgan fingerprint density at radius 2 is 1.85 bits per heavy atom. The van der Waals surface area contributed by atoms with Crippen molar-refractivity contribution >= 4 is 40.2 Å². The van der Waals surface area contributed by atoms with Gasteiger partial charge in [0.2, 0.25) is 10.8 Å². The average molecular weight is 970 g/mol. The standard InChI is InChI=1S/C53H64N10O8/c1-10-61-45-20-17-35-28-40(45)41(49(61)39-14-11-21-54-44(39)31-70-9)29-53(4,5)32-71-63(69)46-15-12-23-62(58-46)52(68)43(26-34-24-36(35)27-38(64)25-34)57-50(66)48(33(2)3)60(8)51(67)42-19-18-37(30-55-42)56-47(65)16-13-22-59(6)7/h11,13-14,16-21,24-25,27-28,30,43,46,58H,10,12,15,22-23,26,29,31-32H2,1-9H3,(H2-,56,57,64,65,66,67)/p+1/b16-13+/t43-,46+/m0/s1. The van der Waals surface area contributed by atoms with Gasteiger partial charge in [-0.25, -0.2) is 9.82 Å². The molecule has 18 heteroatoms. The molecule has 0 aliphatic carbocycles. The number of aryl methyl sites for hydroxylation is 1. The van der Waals surface area contributed by atoms with Gasteiger partial charge in [0.1, 0.15) is 23.2 Å². The van der Waals surface area contributed by atoms with Crippen LogP contribution in [0.2, 0.25) is 0 Å². The predicted octanol–water partition coefficient (Wildman–Crippen LogP) is 6.53. The van der Waals surface area contributed by atoms with E-state index in [-0.39, 0.29) is 42.6 Å². The van der Waals surface area contributed by atoms with Crippen molar-refractivity contribution in [3.05, 3.63) is 124 Å². The molecule has 374 valence electrons. The number of allylic oxidation sites excluding steroid dienone is 1. The summed E-state index contributed by atoms with van der Waals surface area (Å²) in [4.78, 5) is 88.1. The highest BCUT2D eigenvalue weighted by molar-refractivity contribution is 6.04. The summed E-state index contributed by atoms with van der Waals surface area (Å²) in [7, 11) is 6.87. The first-order valence-electron chi connectivity index (χ1n) is 23.8. The van der Waals surface area contributed by atoms with Gasteiger partial charge in [0.15, 0.2) is 6.61 Å². The van der Waals surface area contributed by atoms with E-state index in [1.54, 1.807) is 51.4 Å². The maximum Gasteiger partial charge on any atom is 0.326 e. The number of amides is 4. The van der Waals surface area contributed by atoms with Crippen LogP contribution in [0.15, 0.2) is 96.5 Å². The summed E-state index contributed by atoms with van der Waals surface area (Å²) >= 11 is 0. The minimum absolute atomic E-state index is 0.0109. The molecule has 5 aromatic rings. The molecule has 0 spiro atoms. The smallest absolute Gasteiger partial charge is 0.326 e. The number of ether oxygens (including phenoxy) is 1. The van der Waals surface area contributed by atoms with Gasteiger partial charge >= 0.3 is 6.17 Å². The molecule has 2 aromatic carbocycles. The van der Waals surface area contributed by atoms with Crippen molar-refractivity contribution < 1.29 is 38.8 Å². The number of aromatic hydroxyl groups is 1. The molecule has 6 bridgehead atoms. The van der Waals surface area contributed by atoms with E-state index >= 15 is 0 Å². The van der Waals surface area contributed by atoms with E-state index in [0.717, 1.165) is 39.0 Å². The van der Waals surface area contributed by atoms with E-state index < -0.39 is 35.3 Å². The van der Waals surface area contributed by atoms with E-state index in [9.17, 15) is 29.2 Å². The maximum atomic E-state index is 14.7. The number of hydrazine groups is 1. The molecular weight excluding hydrogens is 905 g/mol. The van der Waals surface area contributed by atoms with Gasteiger partial charge in [-0.3, -0.25) is 29.2 Å². The molecule has 4 amide bonds. The highest BCUT2D eigenvalue weighted by Gasteiger charge is 2.40. The number of fused-ring (bicyclic) bond motifs is 6. The number of benzene rings is 2. The second-order valence-corrected chi connectivity index (χ2v) is 19.3. The van der Waals surface area contributed by atoms with Gasteiger partial charge in [-0.1, -0.05) is 32.1 Å². The molecule has 18 nitrogen and oxygen atoms in total. The fourth-order valence-electron chi connectivity index (χ4n) is 9.21. The highest BCUT2D eigenvalue weighted by atomic mass is 16.8. The van der Waals surface area contributed by atoms with Crippen LogP contribution in [0, 0.1) is 10.3 Å². The molecule has 0 unspecified atom stereocenters. The lowest BCUT2D eigenvalue weighted by Crippen LogP contribution is -2.61. The fraction of sp³-hybridized carbons (Fsp3) is 0.396. The van der Waals surface area contributed by atoms with Crippen molar-refractivity contribution in [3.8, 4) is 28.1 Å². The second kappa shape index (κ2) is 22.2. The van der Waals surface area contributed by atoms with E-state index in [0.29, 0.717) is 66.3 Å². The second-order valence-electron chi connectivity index (χ2n) is 19.3. The molecule has 0 saturated carbocycles. The molecular formula is C53H65N10O8+. The molecule has 4 N–H and O–H groups in total. The number of carbonyl (C=O) groups excluding carboxylic acids is 4. The zero-order valence-corrected chi connectivity index (χ0v) is 42.0. The van der Waals surface area contributed by atoms with Gasteiger partial charge in [-0.05, 0) is 124 Å². The van der Waals surface area contributed by atoms with Crippen LogP contribution in [0.1, 0.15) is 74.8 Å². The topological polar surface area (TPSA) is 204 Å². The average Bonchev–Trinajstić information content (AvgIpc) is 3.63. The van der Waals surface area contributed by atoms with Crippen molar-refractivity contribution in [2.24, 2.45) is 5.41 Å². The van der Waals surface area contributed by atoms with E-state index in [1.807, 2.05) is 51.0 Å². The van der Waals surface area contributed by atoms with Crippen molar-refractivity contribution in [2.45, 2.75) is 85.7 Å². The van der Waals surface area contributed by atoms with Crippen LogP contribution in [-0.2, 0) is 50.0 Å². The molecule has 0 radical (unpaired) electrons. The first-order chi connectivity index (χ1) is 33.9. The Labute approximate surface area is 414 Å². The molecule has 7 rings (SSSR count). The van der Waals surface area contributed by atoms with Gasteiger partial charge in [0, 0.05) is 80.8 Å². The van der Waals surface area contributed by atoms with E-state index in [1.165, 1.54) is 35.3 Å². The monoisotopic (exact) mass is 969 g/mol. The molecule has 2 atom stereocenters. The lowest BCUT2D eigenvalue weighted by atomic mass is 9.84. The number of hydrogen-bond acceptors (Lipinski definition) is 12. The summed E-state index contributed by atoms with van der Waals surface area (Å²) in [5, 5.41) is 19.3. The summed E-state index contributed by atoms with van der Waals surface area (Å²) in [6, 6.07) is 17.0. The molecule has 2 aliphatic heterocycles. The Bertz CT molecular complexity index is 2880. The van der Waals surface area contributed by atoms with Gasteiger partial charge in [0.25, 0.3) is 17.7 Å². The summed E-state index contributed by atoms with van der Waals surface area (Å²) in [5.74, 6) is -2.25. The zero-order chi connectivity index (χ0) is 51.1. The first-order valence-corrected chi connectivity index (χ1v) is 23.8. The van der Waals surface area contributed by atoms with Gasteiger partial charge in [-0.2, -0.15) is 5.43 Å². The van der Waals surface area contributed by atoms with Crippen LogP contribution in [0.5, 0.6) is 5.75 Å². The number of methoxy groups -OCH3 is 1. The molecule has 1 saturated heterocycles. The van der Waals surface area contributed by atoms with E-state index in [2.05, 4.69) is 50.7 Å². The summed E-state index contributed by atoms with van der Waals surface area (Å²) in [6.07, 6.45) is 6.61. The summed E-state index contributed by atoms with van der Waals surface area (Å²) < 4.78 is 7.87. The Kier molecular flexibility index (Phi) is 16.1. The Balaban J connectivity index is 1.25. The van der Waals surface area contributed by atoms with E-state index in [4.69, 9.17) is 14.6 Å². The van der Waals surface area contributed by atoms with Crippen LogP contribution in [0.25, 0.3) is 33.3 Å². The zero-order valence-electron chi connectivity index (χ0n) is 42.0. The maximum absolute atomic E-state index is 14.7. The van der Waals surface area contributed by atoms with Crippen LogP contribution in [0.3, 0.4) is 0 Å². The third-order valence-electron chi connectivity index (χ3n) is 12.5. The molecule has 5 heterocycles. The summed E-state index contributed by atoms with van der Waals surface area (Å²) in [6.45, 7) is 11.4. The Hall–Kier alpha value is -7.28. The van der Waals surface area contributed by atoms with Gasteiger partial charge in [-0.15, -0.1) is 0 Å². The van der Waals surface area contributed by atoms with Crippen LogP contribution < -0.4 is 16.1 Å². The number of anilines is 1. The molecule has 3 aromatic heterocycles. The Morgan fingerprint density at radius 1 is 1.06 bits per heavy atom. The number of nitrogens with one attached hydrogen (secondary N) is 3. The summed E-state index contributed by atoms with van der Waals surface area (Å²) in [5.41, 5.74) is 10.1. The third-order valence-corrected chi connectivity index (χ3v) is 12.5. The molecule has 1 fully saturated rings. The number of carbonyl (C=O) groups is 4. The van der Waals surface area contributed by atoms with Crippen LogP contribution in [0.4, 0.5) is 5.69 Å². The molecule has 71 heavy (non-hydrogen) atoms. The number of pyridine rings is 2. The SMILES string of the molecule is CCn1c(-c2cccnc2COC)c2c3cc(ccc31)-c1cc(O)cc(c1)C[C@H](NC(=O)C(=C(C)C)N(C)C(=O)c1ccc(NC(=O)/C=C/CN(C)C)cn1)C(=O)N1CCC[C@H](N1)[N+](=O)OCC(C)(C)C2. The quantitative estimate of drug-likeness (QED) is 0.0986. The predicted molar refractivity (Wildman–Crippen MR) is 270 cm³/mol. The number of likely N-dealkylation sites (N-methyl/N-ethyl adjacent to an activating group) is 2. The third kappa shape index (κ3) is 12.0. The van der Waals surface area contributed by atoms with Crippen molar-refractivity contribution in [1.29, 1.82) is 0 Å². The van der Waals surface area contributed by atoms with Gasteiger partial charge in [0.05, 0.1) is 34.8 Å².